The predicted octanol–water partition coefficient (Wildman–Crippen LogP) is -1.21. The standard InChI is InChI=1S/C5H11O4/c6-1-2-9-4-5(8)3-7/h5,7-8H,1-4H2. The lowest BCUT2D eigenvalue weighted by molar-refractivity contribution is -0.0113. The maximum atomic E-state index is 9.73. The average molecular weight is 135 g/mol. The van der Waals surface area contributed by atoms with Gasteiger partial charge in [0.15, 0.2) is 0 Å². The SMILES string of the molecule is [O]CCOCC(O)CO. The van der Waals surface area contributed by atoms with Crippen molar-refractivity contribution in [3.8, 4) is 0 Å². The lowest BCUT2D eigenvalue weighted by Gasteiger charge is -2.05. The van der Waals surface area contributed by atoms with E-state index >= 15 is 0 Å². The molecule has 0 rings (SSSR count). The molecule has 0 aliphatic heterocycles. The van der Waals surface area contributed by atoms with Crippen molar-refractivity contribution in [2.24, 2.45) is 0 Å². The normalized spacial score (nSPS) is 13.7. The lowest BCUT2D eigenvalue weighted by atomic mass is 10.4. The van der Waals surface area contributed by atoms with Crippen LogP contribution in [0, 0.1) is 0 Å². The largest absolute Gasteiger partial charge is 0.394 e. The summed E-state index contributed by atoms with van der Waals surface area (Å²) in [7, 11) is 0. The molecule has 1 atom stereocenters. The minimum Gasteiger partial charge on any atom is -0.394 e. The minimum absolute atomic E-state index is 0.0404. The molecule has 0 saturated carbocycles. The minimum atomic E-state index is -0.850. The molecule has 0 heterocycles. The van der Waals surface area contributed by atoms with Crippen molar-refractivity contribution in [1.29, 1.82) is 0 Å². The summed E-state index contributed by atoms with van der Waals surface area (Å²) in [6.07, 6.45) is -0.850. The monoisotopic (exact) mass is 135 g/mol. The fourth-order valence-corrected chi connectivity index (χ4v) is 0.331. The summed E-state index contributed by atoms with van der Waals surface area (Å²) in [4.78, 5) is 0. The fraction of sp³-hybridized carbons (Fsp3) is 1.00. The van der Waals surface area contributed by atoms with Gasteiger partial charge in [0.25, 0.3) is 0 Å². The maximum Gasteiger partial charge on any atom is 0.106 e. The van der Waals surface area contributed by atoms with Crippen molar-refractivity contribution < 1.29 is 20.1 Å². The second-order valence-corrected chi connectivity index (χ2v) is 1.62. The molecule has 0 aromatic heterocycles. The highest BCUT2D eigenvalue weighted by molar-refractivity contribution is 4.47. The summed E-state index contributed by atoms with van der Waals surface area (Å²) in [5.41, 5.74) is 0. The van der Waals surface area contributed by atoms with Crippen LogP contribution in [0.1, 0.15) is 0 Å². The van der Waals surface area contributed by atoms with Crippen molar-refractivity contribution >= 4 is 0 Å². The Hall–Kier alpha value is -0.160. The van der Waals surface area contributed by atoms with Crippen molar-refractivity contribution in [2.45, 2.75) is 6.10 Å². The molecular weight excluding hydrogens is 124 g/mol. The summed E-state index contributed by atoms with van der Waals surface area (Å²) in [5, 5.41) is 26.6. The van der Waals surface area contributed by atoms with Crippen molar-refractivity contribution in [3.05, 3.63) is 0 Å². The zero-order valence-electron chi connectivity index (χ0n) is 5.12. The van der Waals surface area contributed by atoms with Crippen LogP contribution in [0.3, 0.4) is 0 Å². The van der Waals surface area contributed by atoms with Gasteiger partial charge in [-0.3, -0.25) is 0 Å². The van der Waals surface area contributed by atoms with Gasteiger partial charge in [-0.05, 0) is 0 Å². The van der Waals surface area contributed by atoms with Gasteiger partial charge in [0, 0.05) is 0 Å². The summed E-state index contributed by atoms with van der Waals surface area (Å²) >= 11 is 0. The topological polar surface area (TPSA) is 69.6 Å². The molecule has 0 aromatic carbocycles. The van der Waals surface area contributed by atoms with Crippen LogP contribution in [-0.4, -0.2) is 42.7 Å². The van der Waals surface area contributed by atoms with E-state index in [0.717, 1.165) is 0 Å². The van der Waals surface area contributed by atoms with Crippen LogP contribution in [0.15, 0.2) is 0 Å². The number of aliphatic hydroxyl groups excluding tert-OH is 2. The summed E-state index contributed by atoms with van der Waals surface area (Å²) in [5.74, 6) is 0. The van der Waals surface area contributed by atoms with Gasteiger partial charge in [-0.15, -0.1) is 0 Å². The van der Waals surface area contributed by atoms with Crippen LogP contribution >= 0.6 is 0 Å². The van der Waals surface area contributed by atoms with Gasteiger partial charge >= 0.3 is 0 Å². The van der Waals surface area contributed by atoms with Gasteiger partial charge in [0.05, 0.1) is 19.8 Å². The molecule has 4 heteroatoms. The molecular formula is C5H11O4. The number of hydrogen-bond acceptors (Lipinski definition) is 3. The van der Waals surface area contributed by atoms with E-state index in [1.54, 1.807) is 0 Å². The molecule has 9 heavy (non-hydrogen) atoms. The Bertz CT molecular complexity index is 56.9. The Kier molecular flexibility index (Phi) is 5.86. The van der Waals surface area contributed by atoms with Gasteiger partial charge in [0.1, 0.15) is 12.7 Å². The molecule has 1 unspecified atom stereocenters. The lowest BCUT2D eigenvalue weighted by Crippen LogP contribution is -2.20. The quantitative estimate of drug-likeness (QED) is 0.464. The number of rotatable bonds is 5. The first-order valence-electron chi connectivity index (χ1n) is 2.76. The highest BCUT2D eigenvalue weighted by Gasteiger charge is 1.99. The molecule has 0 aliphatic rings. The zero-order chi connectivity index (χ0) is 7.11. The molecule has 2 N–H and O–H groups in total. The number of aliphatic hydroxyl groups is 2. The summed E-state index contributed by atoms with van der Waals surface area (Å²) < 4.78 is 4.61. The van der Waals surface area contributed by atoms with E-state index in [9.17, 15) is 5.11 Å². The molecule has 0 saturated heterocycles. The molecule has 1 radical (unpaired) electrons. The number of hydrogen-bond donors (Lipinski definition) is 2. The molecule has 0 aromatic rings. The third-order valence-electron chi connectivity index (χ3n) is 0.749. The molecule has 0 aliphatic carbocycles. The Labute approximate surface area is 53.7 Å². The molecule has 0 bridgehead atoms. The zero-order valence-corrected chi connectivity index (χ0v) is 5.12. The Morgan fingerprint density at radius 2 is 2.22 bits per heavy atom. The second kappa shape index (κ2) is 5.97. The first kappa shape index (κ1) is 8.84. The van der Waals surface area contributed by atoms with E-state index in [1.807, 2.05) is 0 Å². The fourth-order valence-electron chi connectivity index (χ4n) is 0.331. The van der Waals surface area contributed by atoms with Gasteiger partial charge in [0.2, 0.25) is 0 Å². The van der Waals surface area contributed by atoms with Crippen LogP contribution < -0.4 is 0 Å². The van der Waals surface area contributed by atoms with Gasteiger partial charge < -0.3 is 14.9 Å². The smallest absolute Gasteiger partial charge is 0.106 e. The molecule has 55 valence electrons. The third-order valence-corrected chi connectivity index (χ3v) is 0.749. The highest BCUT2D eigenvalue weighted by atomic mass is 16.5. The van der Waals surface area contributed by atoms with Gasteiger partial charge in [-0.2, -0.15) is 0 Å². The van der Waals surface area contributed by atoms with Crippen LogP contribution in [-0.2, 0) is 9.84 Å². The first-order chi connectivity index (χ1) is 4.31. The third kappa shape index (κ3) is 5.72. The van der Waals surface area contributed by atoms with Crippen molar-refractivity contribution in [3.63, 3.8) is 0 Å². The van der Waals surface area contributed by atoms with E-state index < -0.39 is 6.10 Å². The first-order valence-corrected chi connectivity index (χ1v) is 2.76. The molecule has 4 nitrogen and oxygen atoms in total. The number of ether oxygens (including phenoxy) is 1. The summed E-state index contributed by atoms with van der Waals surface area (Å²) in [6, 6.07) is 0. The molecule has 0 amide bonds. The molecule has 0 spiro atoms. The van der Waals surface area contributed by atoms with Crippen molar-refractivity contribution in [2.75, 3.05) is 26.4 Å². The van der Waals surface area contributed by atoms with Crippen molar-refractivity contribution in [1.82, 2.24) is 0 Å². The van der Waals surface area contributed by atoms with Gasteiger partial charge in [-0.1, -0.05) is 0 Å². The summed E-state index contributed by atoms with van der Waals surface area (Å²) in [6.45, 7) is -0.493. The van der Waals surface area contributed by atoms with E-state index in [1.165, 1.54) is 0 Å². The van der Waals surface area contributed by atoms with E-state index in [-0.39, 0.29) is 26.4 Å². The Morgan fingerprint density at radius 3 is 2.67 bits per heavy atom. The van der Waals surface area contributed by atoms with E-state index in [0.29, 0.717) is 0 Å². The Balaban J connectivity index is 2.88. The molecule has 0 fully saturated rings. The predicted molar refractivity (Wildman–Crippen MR) is 29.5 cm³/mol. The van der Waals surface area contributed by atoms with Crippen LogP contribution in [0.2, 0.25) is 0 Å². The maximum absolute atomic E-state index is 9.73. The highest BCUT2D eigenvalue weighted by Crippen LogP contribution is 1.81. The van der Waals surface area contributed by atoms with E-state index in [4.69, 9.17) is 10.2 Å². The van der Waals surface area contributed by atoms with Gasteiger partial charge in [-0.25, -0.2) is 5.11 Å². The average Bonchev–Trinajstić information content (AvgIpc) is 1.89. The van der Waals surface area contributed by atoms with Crippen LogP contribution in [0.25, 0.3) is 0 Å². The second-order valence-electron chi connectivity index (χ2n) is 1.62. The van der Waals surface area contributed by atoms with E-state index in [2.05, 4.69) is 4.74 Å². The van der Waals surface area contributed by atoms with Crippen LogP contribution in [0.4, 0.5) is 0 Å². The Morgan fingerprint density at radius 1 is 1.56 bits per heavy atom. The van der Waals surface area contributed by atoms with Crippen LogP contribution in [0.5, 0.6) is 0 Å².